The molecule has 1 aliphatic rings. The van der Waals surface area contributed by atoms with E-state index in [4.69, 9.17) is 5.73 Å². The molecule has 2 atom stereocenters. The Hall–Kier alpha value is -0.0800. The molecule has 0 radical (unpaired) electrons. The molecule has 0 spiro atoms. The van der Waals surface area contributed by atoms with Gasteiger partial charge in [-0.2, -0.15) is 0 Å². The van der Waals surface area contributed by atoms with Gasteiger partial charge in [0.15, 0.2) is 0 Å². The van der Waals surface area contributed by atoms with Gasteiger partial charge in [-0.25, -0.2) is 0 Å². The maximum atomic E-state index is 5.93. The fourth-order valence-electron chi connectivity index (χ4n) is 1.69. The average molecular weight is 142 g/mol. The predicted molar refractivity (Wildman–Crippen MR) is 43.9 cm³/mol. The minimum absolute atomic E-state index is 0.396. The van der Waals surface area contributed by atoms with Gasteiger partial charge in [0.25, 0.3) is 0 Å². The second kappa shape index (κ2) is 3.94. The maximum absolute atomic E-state index is 5.93. The fourth-order valence-corrected chi connectivity index (χ4v) is 1.69. The monoisotopic (exact) mass is 142 g/mol. The number of likely N-dealkylation sites (N-methyl/N-ethyl adjacent to an activating group) is 1. The number of hydrogen-bond acceptors (Lipinski definition) is 2. The van der Waals surface area contributed by atoms with Crippen LogP contribution in [0.1, 0.15) is 32.1 Å². The Morgan fingerprint density at radius 2 is 1.90 bits per heavy atom. The van der Waals surface area contributed by atoms with E-state index in [-0.39, 0.29) is 0 Å². The highest BCUT2D eigenvalue weighted by Crippen LogP contribution is 2.15. The molecule has 3 N–H and O–H groups in total. The predicted octanol–water partition coefficient (Wildman–Crippen LogP) is 0.866. The van der Waals surface area contributed by atoms with Crippen molar-refractivity contribution in [3.63, 3.8) is 0 Å². The summed E-state index contributed by atoms with van der Waals surface area (Å²) in [5.74, 6) is 0. The molecular formula is C8H18N2. The molecule has 0 unspecified atom stereocenters. The lowest BCUT2D eigenvalue weighted by molar-refractivity contribution is 0.437. The number of hydrogen-bond donors (Lipinski definition) is 2. The Kier molecular flexibility index (Phi) is 3.16. The van der Waals surface area contributed by atoms with Crippen LogP contribution >= 0.6 is 0 Å². The standard InChI is InChI=1S/C8H18N2/c1-10-8-6-4-2-3-5-7(8)9/h7-8,10H,2-6,9H2,1H3/t7-,8-/m0/s1. The molecule has 0 aromatic heterocycles. The van der Waals surface area contributed by atoms with Crippen LogP contribution in [0.15, 0.2) is 0 Å². The van der Waals surface area contributed by atoms with Gasteiger partial charge in [0.1, 0.15) is 0 Å². The quantitative estimate of drug-likeness (QED) is 0.533. The zero-order valence-electron chi connectivity index (χ0n) is 6.77. The molecule has 0 amide bonds. The Morgan fingerprint density at radius 1 is 1.20 bits per heavy atom. The molecule has 10 heavy (non-hydrogen) atoms. The smallest absolute Gasteiger partial charge is 0.0216 e. The van der Waals surface area contributed by atoms with Crippen molar-refractivity contribution in [2.45, 2.75) is 44.2 Å². The van der Waals surface area contributed by atoms with E-state index in [1.807, 2.05) is 7.05 Å². The van der Waals surface area contributed by atoms with Crippen molar-refractivity contribution in [3.8, 4) is 0 Å². The highest BCUT2D eigenvalue weighted by Gasteiger charge is 2.17. The van der Waals surface area contributed by atoms with Gasteiger partial charge in [0, 0.05) is 12.1 Å². The van der Waals surface area contributed by atoms with E-state index in [1.165, 1.54) is 32.1 Å². The van der Waals surface area contributed by atoms with Crippen molar-refractivity contribution in [1.82, 2.24) is 5.32 Å². The third kappa shape index (κ3) is 1.96. The van der Waals surface area contributed by atoms with Crippen LogP contribution in [0.4, 0.5) is 0 Å². The summed E-state index contributed by atoms with van der Waals surface area (Å²) in [6.45, 7) is 0. The highest BCUT2D eigenvalue weighted by molar-refractivity contribution is 4.80. The summed E-state index contributed by atoms with van der Waals surface area (Å²) in [6.07, 6.45) is 6.49. The second-order valence-electron chi connectivity index (χ2n) is 3.20. The first-order valence-electron chi connectivity index (χ1n) is 4.27. The highest BCUT2D eigenvalue weighted by atomic mass is 14.9. The first kappa shape index (κ1) is 8.02. The maximum Gasteiger partial charge on any atom is 0.0216 e. The topological polar surface area (TPSA) is 38.0 Å². The summed E-state index contributed by atoms with van der Waals surface area (Å²) in [7, 11) is 2.01. The molecule has 60 valence electrons. The summed E-state index contributed by atoms with van der Waals surface area (Å²) in [5, 5.41) is 3.27. The van der Waals surface area contributed by atoms with Crippen LogP contribution in [0.2, 0.25) is 0 Å². The van der Waals surface area contributed by atoms with Crippen LogP contribution in [-0.2, 0) is 0 Å². The Bertz CT molecular complexity index is 93.3. The van der Waals surface area contributed by atoms with Crippen LogP contribution in [0, 0.1) is 0 Å². The van der Waals surface area contributed by atoms with E-state index in [0.29, 0.717) is 12.1 Å². The van der Waals surface area contributed by atoms with E-state index in [2.05, 4.69) is 5.32 Å². The van der Waals surface area contributed by atoms with Crippen LogP contribution in [0.3, 0.4) is 0 Å². The normalized spacial score (nSPS) is 35.4. The molecule has 0 aromatic rings. The van der Waals surface area contributed by atoms with Crippen molar-refractivity contribution in [1.29, 1.82) is 0 Å². The zero-order valence-corrected chi connectivity index (χ0v) is 6.77. The lowest BCUT2D eigenvalue weighted by Gasteiger charge is -2.19. The summed E-state index contributed by atoms with van der Waals surface area (Å²) in [4.78, 5) is 0. The minimum Gasteiger partial charge on any atom is -0.326 e. The lowest BCUT2D eigenvalue weighted by Crippen LogP contribution is -2.42. The molecule has 2 heteroatoms. The first-order chi connectivity index (χ1) is 4.84. The van der Waals surface area contributed by atoms with Crippen molar-refractivity contribution in [2.75, 3.05) is 7.05 Å². The van der Waals surface area contributed by atoms with Gasteiger partial charge in [-0.05, 0) is 19.9 Å². The number of rotatable bonds is 1. The van der Waals surface area contributed by atoms with Gasteiger partial charge in [-0.15, -0.1) is 0 Å². The largest absolute Gasteiger partial charge is 0.326 e. The van der Waals surface area contributed by atoms with E-state index >= 15 is 0 Å². The fraction of sp³-hybridized carbons (Fsp3) is 1.00. The average Bonchev–Trinajstić information content (AvgIpc) is 2.13. The number of nitrogens with one attached hydrogen (secondary N) is 1. The van der Waals surface area contributed by atoms with Gasteiger partial charge >= 0.3 is 0 Å². The Morgan fingerprint density at radius 3 is 2.60 bits per heavy atom. The van der Waals surface area contributed by atoms with Crippen LogP contribution < -0.4 is 11.1 Å². The van der Waals surface area contributed by atoms with E-state index in [0.717, 1.165) is 0 Å². The molecule has 2 nitrogen and oxygen atoms in total. The summed E-state index contributed by atoms with van der Waals surface area (Å²) in [6, 6.07) is 0.968. The Labute approximate surface area is 63.2 Å². The second-order valence-corrected chi connectivity index (χ2v) is 3.20. The van der Waals surface area contributed by atoms with Crippen molar-refractivity contribution < 1.29 is 0 Å². The van der Waals surface area contributed by atoms with Crippen LogP contribution in [-0.4, -0.2) is 19.1 Å². The van der Waals surface area contributed by atoms with Crippen LogP contribution in [0.25, 0.3) is 0 Å². The number of nitrogens with two attached hydrogens (primary N) is 1. The van der Waals surface area contributed by atoms with Gasteiger partial charge in [0.2, 0.25) is 0 Å². The van der Waals surface area contributed by atoms with Crippen LogP contribution in [0.5, 0.6) is 0 Å². The van der Waals surface area contributed by atoms with Gasteiger partial charge in [-0.1, -0.05) is 19.3 Å². The van der Waals surface area contributed by atoms with Gasteiger partial charge in [-0.3, -0.25) is 0 Å². The molecule has 0 aliphatic heterocycles. The molecule has 1 aliphatic carbocycles. The van der Waals surface area contributed by atoms with E-state index in [1.54, 1.807) is 0 Å². The molecule has 1 saturated carbocycles. The van der Waals surface area contributed by atoms with E-state index < -0.39 is 0 Å². The summed E-state index contributed by atoms with van der Waals surface area (Å²) in [5.41, 5.74) is 5.93. The molecule has 0 heterocycles. The molecule has 0 saturated heterocycles. The molecule has 1 fully saturated rings. The summed E-state index contributed by atoms with van der Waals surface area (Å²) < 4.78 is 0. The first-order valence-corrected chi connectivity index (χ1v) is 4.27. The molecular weight excluding hydrogens is 124 g/mol. The summed E-state index contributed by atoms with van der Waals surface area (Å²) >= 11 is 0. The van der Waals surface area contributed by atoms with Gasteiger partial charge < -0.3 is 11.1 Å². The zero-order chi connectivity index (χ0) is 7.40. The molecule has 0 aromatic carbocycles. The lowest BCUT2D eigenvalue weighted by atomic mass is 10.1. The molecule has 0 bridgehead atoms. The molecule has 1 rings (SSSR count). The van der Waals surface area contributed by atoms with Crippen molar-refractivity contribution in [3.05, 3.63) is 0 Å². The van der Waals surface area contributed by atoms with Crippen molar-refractivity contribution >= 4 is 0 Å². The third-order valence-electron chi connectivity index (χ3n) is 2.44. The van der Waals surface area contributed by atoms with E-state index in [9.17, 15) is 0 Å². The minimum atomic E-state index is 0.396. The third-order valence-corrected chi connectivity index (χ3v) is 2.44. The SMILES string of the molecule is CN[C@H]1CCCCC[C@@H]1N. The van der Waals surface area contributed by atoms with Gasteiger partial charge in [0.05, 0.1) is 0 Å². The van der Waals surface area contributed by atoms with Crippen molar-refractivity contribution in [2.24, 2.45) is 5.73 Å². The Balaban J connectivity index is 2.35.